The zero-order chi connectivity index (χ0) is 17.3. The SMILES string of the molecule is c1ccc(CN2CC[C@@H](N(CC3CC3)c3ncnc4[nH]ccc34)C2)cc1. The predicted octanol–water partition coefficient (Wildman–Crippen LogP) is 3.45. The summed E-state index contributed by atoms with van der Waals surface area (Å²) in [5.41, 5.74) is 2.34. The molecule has 1 atom stereocenters. The first-order valence-electron chi connectivity index (χ1n) is 9.68. The van der Waals surface area contributed by atoms with Crippen molar-refractivity contribution in [3.63, 3.8) is 0 Å². The molecule has 0 amide bonds. The predicted molar refractivity (Wildman–Crippen MR) is 104 cm³/mol. The lowest BCUT2D eigenvalue weighted by Gasteiger charge is -2.31. The summed E-state index contributed by atoms with van der Waals surface area (Å²) in [6.07, 6.45) is 7.59. The first kappa shape index (κ1) is 15.8. The van der Waals surface area contributed by atoms with E-state index in [-0.39, 0.29) is 0 Å². The van der Waals surface area contributed by atoms with Crippen molar-refractivity contribution in [3.05, 3.63) is 54.5 Å². The number of fused-ring (bicyclic) bond motifs is 1. The van der Waals surface area contributed by atoms with Crippen LogP contribution in [0.3, 0.4) is 0 Å². The van der Waals surface area contributed by atoms with Crippen molar-refractivity contribution in [2.45, 2.75) is 31.8 Å². The van der Waals surface area contributed by atoms with Gasteiger partial charge in [0.05, 0.1) is 5.39 Å². The average molecular weight is 347 g/mol. The molecule has 1 saturated heterocycles. The van der Waals surface area contributed by atoms with Gasteiger partial charge in [-0.2, -0.15) is 0 Å². The molecule has 0 unspecified atom stereocenters. The minimum Gasteiger partial charge on any atom is -0.351 e. The molecule has 2 aliphatic rings. The normalized spacial score (nSPS) is 20.7. The Balaban J connectivity index is 1.37. The Hall–Kier alpha value is -2.40. The van der Waals surface area contributed by atoms with E-state index in [9.17, 15) is 0 Å². The van der Waals surface area contributed by atoms with Gasteiger partial charge in [0.1, 0.15) is 17.8 Å². The molecule has 0 spiro atoms. The van der Waals surface area contributed by atoms with Gasteiger partial charge in [-0.3, -0.25) is 4.90 Å². The second-order valence-corrected chi connectivity index (χ2v) is 7.70. The van der Waals surface area contributed by atoms with E-state index < -0.39 is 0 Å². The van der Waals surface area contributed by atoms with Crippen molar-refractivity contribution in [3.8, 4) is 0 Å². The van der Waals surface area contributed by atoms with Gasteiger partial charge in [-0.05, 0) is 36.8 Å². The lowest BCUT2D eigenvalue weighted by atomic mass is 10.2. The molecule has 5 rings (SSSR count). The number of nitrogens with zero attached hydrogens (tertiary/aromatic N) is 4. The monoisotopic (exact) mass is 347 g/mol. The smallest absolute Gasteiger partial charge is 0.142 e. The summed E-state index contributed by atoms with van der Waals surface area (Å²) in [5, 5.41) is 1.15. The van der Waals surface area contributed by atoms with Crippen molar-refractivity contribution in [2.24, 2.45) is 5.92 Å². The molecule has 1 aliphatic heterocycles. The van der Waals surface area contributed by atoms with E-state index in [0.29, 0.717) is 6.04 Å². The van der Waals surface area contributed by atoms with Crippen LogP contribution in [0.1, 0.15) is 24.8 Å². The maximum atomic E-state index is 4.69. The number of benzene rings is 1. The number of nitrogens with one attached hydrogen (secondary N) is 1. The standard InChI is InChI=1S/C21H25N5/c1-2-4-16(5-3-1)12-25-11-9-18(14-25)26(13-17-6-7-17)21-19-8-10-22-20(19)23-15-24-21/h1-5,8,10,15,17-18H,6-7,9,11-14H2,(H,22,23,24)/t18-/m1/s1. The number of H-pyrrole nitrogens is 1. The topological polar surface area (TPSA) is 48.1 Å². The van der Waals surface area contributed by atoms with Gasteiger partial charge in [-0.25, -0.2) is 9.97 Å². The Bertz CT molecular complexity index is 870. The van der Waals surface area contributed by atoms with E-state index in [1.165, 1.54) is 24.8 Å². The first-order valence-corrected chi connectivity index (χ1v) is 9.68. The summed E-state index contributed by atoms with van der Waals surface area (Å²) in [4.78, 5) is 17.4. The van der Waals surface area contributed by atoms with Gasteiger partial charge in [-0.1, -0.05) is 30.3 Å². The van der Waals surface area contributed by atoms with Gasteiger partial charge in [0.25, 0.3) is 0 Å². The molecule has 26 heavy (non-hydrogen) atoms. The Morgan fingerprint density at radius 1 is 1.08 bits per heavy atom. The minimum atomic E-state index is 0.535. The zero-order valence-electron chi connectivity index (χ0n) is 15.0. The van der Waals surface area contributed by atoms with E-state index >= 15 is 0 Å². The van der Waals surface area contributed by atoms with Crippen LogP contribution in [0.5, 0.6) is 0 Å². The number of rotatable bonds is 6. The molecule has 1 N–H and O–H groups in total. The summed E-state index contributed by atoms with van der Waals surface area (Å²) < 4.78 is 0. The molecular formula is C21H25N5. The summed E-state index contributed by atoms with van der Waals surface area (Å²) in [5.74, 6) is 1.94. The quantitative estimate of drug-likeness (QED) is 0.742. The third kappa shape index (κ3) is 3.19. The van der Waals surface area contributed by atoms with Crippen molar-refractivity contribution >= 4 is 16.9 Å². The largest absolute Gasteiger partial charge is 0.351 e. The van der Waals surface area contributed by atoms with Crippen LogP contribution in [0.2, 0.25) is 0 Å². The van der Waals surface area contributed by atoms with Crippen LogP contribution in [-0.2, 0) is 6.54 Å². The third-order valence-electron chi connectivity index (χ3n) is 5.69. The van der Waals surface area contributed by atoms with Crippen LogP contribution < -0.4 is 4.90 Å². The molecular weight excluding hydrogens is 322 g/mol. The lowest BCUT2D eigenvalue weighted by molar-refractivity contribution is 0.324. The fourth-order valence-electron chi connectivity index (χ4n) is 4.13. The second kappa shape index (κ2) is 6.72. The summed E-state index contributed by atoms with van der Waals surface area (Å²) in [6, 6.07) is 13.4. The minimum absolute atomic E-state index is 0.535. The highest BCUT2D eigenvalue weighted by molar-refractivity contribution is 5.87. The Labute approximate surface area is 154 Å². The van der Waals surface area contributed by atoms with Gasteiger partial charge < -0.3 is 9.88 Å². The van der Waals surface area contributed by atoms with Crippen molar-refractivity contribution < 1.29 is 0 Å². The molecule has 5 nitrogen and oxygen atoms in total. The number of anilines is 1. The molecule has 0 bridgehead atoms. The molecule has 2 aromatic heterocycles. The van der Waals surface area contributed by atoms with Crippen LogP contribution in [0, 0.1) is 5.92 Å². The van der Waals surface area contributed by atoms with Crippen molar-refractivity contribution in [2.75, 3.05) is 24.5 Å². The molecule has 5 heteroatoms. The van der Waals surface area contributed by atoms with E-state index in [0.717, 1.165) is 48.9 Å². The average Bonchev–Trinajstić information content (AvgIpc) is 3.16. The number of aromatic amines is 1. The van der Waals surface area contributed by atoms with Crippen molar-refractivity contribution in [1.29, 1.82) is 0 Å². The fraction of sp³-hybridized carbons (Fsp3) is 0.429. The number of aromatic nitrogens is 3. The number of hydrogen-bond donors (Lipinski definition) is 1. The highest BCUT2D eigenvalue weighted by Gasteiger charge is 2.33. The van der Waals surface area contributed by atoms with Gasteiger partial charge in [0, 0.05) is 38.4 Å². The maximum Gasteiger partial charge on any atom is 0.142 e. The molecule has 134 valence electrons. The zero-order valence-corrected chi connectivity index (χ0v) is 15.0. The summed E-state index contributed by atoms with van der Waals surface area (Å²) in [6.45, 7) is 4.43. The molecule has 1 saturated carbocycles. The molecule has 1 aromatic carbocycles. The van der Waals surface area contributed by atoms with E-state index in [2.05, 4.69) is 56.2 Å². The molecule has 2 fully saturated rings. The lowest BCUT2D eigenvalue weighted by Crippen LogP contribution is -2.39. The third-order valence-corrected chi connectivity index (χ3v) is 5.69. The Kier molecular flexibility index (Phi) is 4.09. The maximum absolute atomic E-state index is 4.69. The summed E-state index contributed by atoms with van der Waals surface area (Å²) in [7, 11) is 0. The second-order valence-electron chi connectivity index (χ2n) is 7.70. The highest BCUT2D eigenvalue weighted by Crippen LogP contribution is 2.35. The van der Waals surface area contributed by atoms with Gasteiger partial charge in [0.2, 0.25) is 0 Å². The molecule has 3 heterocycles. The molecule has 3 aromatic rings. The van der Waals surface area contributed by atoms with E-state index in [1.807, 2.05) is 6.20 Å². The summed E-state index contributed by atoms with van der Waals surface area (Å²) >= 11 is 0. The Morgan fingerprint density at radius 2 is 1.96 bits per heavy atom. The number of hydrogen-bond acceptors (Lipinski definition) is 4. The fourth-order valence-corrected chi connectivity index (χ4v) is 4.13. The van der Waals surface area contributed by atoms with Crippen LogP contribution >= 0.6 is 0 Å². The van der Waals surface area contributed by atoms with Crippen molar-refractivity contribution in [1.82, 2.24) is 19.9 Å². The molecule has 0 radical (unpaired) electrons. The molecule has 1 aliphatic carbocycles. The van der Waals surface area contributed by atoms with E-state index in [4.69, 9.17) is 4.98 Å². The van der Waals surface area contributed by atoms with E-state index in [1.54, 1.807) is 6.33 Å². The van der Waals surface area contributed by atoms with Gasteiger partial charge in [-0.15, -0.1) is 0 Å². The van der Waals surface area contributed by atoms with Crippen LogP contribution in [0.25, 0.3) is 11.0 Å². The number of likely N-dealkylation sites (tertiary alicyclic amines) is 1. The Morgan fingerprint density at radius 3 is 2.81 bits per heavy atom. The van der Waals surface area contributed by atoms with Gasteiger partial charge in [0.15, 0.2) is 0 Å². The van der Waals surface area contributed by atoms with Crippen LogP contribution in [-0.4, -0.2) is 45.5 Å². The van der Waals surface area contributed by atoms with Crippen LogP contribution in [0.4, 0.5) is 5.82 Å². The van der Waals surface area contributed by atoms with Gasteiger partial charge >= 0.3 is 0 Å². The highest BCUT2D eigenvalue weighted by atomic mass is 15.3. The first-order chi connectivity index (χ1) is 12.9. The van der Waals surface area contributed by atoms with Crippen LogP contribution in [0.15, 0.2) is 48.9 Å².